The van der Waals surface area contributed by atoms with Gasteiger partial charge in [0.1, 0.15) is 5.82 Å². The van der Waals surface area contributed by atoms with Gasteiger partial charge in [0.25, 0.3) is 0 Å². The number of nitrogens with zero attached hydrogens (tertiary/aromatic N) is 3. The van der Waals surface area contributed by atoms with Gasteiger partial charge in [-0.25, -0.2) is 4.39 Å². The van der Waals surface area contributed by atoms with Crippen LogP contribution >= 0.6 is 0 Å². The van der Waals surface area contributed by atoms with E-state index in [4.69, 9.17) is 0 Å². The molecule has 1 atom stereocenters. The van der Waals surface area contributed by atoms with Crippen molar-refractivity contribution in [3.63, 3.8) is 0 Å². The third-order valence-electron chi connectivity index (χ3n) is 5.72. The van der Waals surface area contributed by atoms with Gasteiger partial charge in [0.2, 0.25) is 12.3 Å². The standard InChI is InChI=1S/C21H31FN4O3/c22-19-7-3-4-8-20(19)26(16-27)14-18(28)13-24-9-11-25(12-10-24)15-21(29)23-17-5-1-2-6-17/h3-4,7-8,16-18,28H,1-2,5-6,9-15H2,(H,23,29). The summed E-state index contributed by atoms with van der Waals surface area (Å²) in [5.74, 6) is -0.395. The molecule has 1 heterocycles. The summed E-state index contributed by atoms with van der Waals surface area (Å²) in [7, 11) is 0. The van der Waals surface area contributed by atoms with Crippen molar-refractivity contribution in [2.75, 3.05) is 50.7 Å². The average molecular weight is 407 g/mol. The summed E-state index contributed by atoms with van der Waals surface area (Å²) in [6, 6.07) is 6.37. The molecular formula is C21H31FN4O3. The maximum absolute atomic E-state index is 13.9. The topological polar surface area (TPSA) is 76.1 Å². The van der Waals surface area contributed by atoms with Crippen molar-refractivity contribution in [3.05, 3.63) is 30.1 Å². The number of hydrogen-bond donors (Lipinski definition) is 2. The molecule has 160 valence electrons. The molecule has 1 saturated carbocycles. The van der Waals surface area contributed by atoms with Crippen LogP contribution in [0.25, 0.3) is 0 Å². The van der Waals surface area contributed by atoms with E-state index in [1.165, 1.54) is 29.9 Å². The Morgan fingerprint density at radius 2 is 1.86 bits per heavy atom. The summed E-state index contributed by atoms with van der Waals surface area (Å²) in [5.41, 5.74) is 0.166. The van der Waals surface area contributed by atoms with Gasteiger partial charge in [0.15, 0.2) is 0 Å². The minimum absolute atomic E-state index is 0.0362. The van der Waals surface area contributed by atoms with E-state index in [-0.39, 0.29) is 18.1 Å². The van der Waals surface area contributed by atoms with Crippen molar-refractivity contribution in [1.82, 2.24) is 15.1 Å². The van der Waals surface area contributed by atoms with Gasteiger partial charge in [-0.05, 0) is 25.0 Å². The van der Waals surface area contributed by atoms with Gasteiger partial charge < -0.3 is 15.3 Å². The Balaban J connectivity index is 1.38. The lowest BCUT2D eigenvalue weighted by Gasteiger charge is -2.35. The molecule has 1 aromatic carbocycles. The lowest BCUT2D eigenvalue weighted by molar-refractivity contribution is -0.123. The predicted octanol–water partition coefficient (Wildman–Crippen LogP) is 0.826. The van der Waals surface area contributed by atoms with E-state index in [2.05, 4.69) is 15.1 Å². The first kappa shape index (κ1) is 21.7. The minimum atomic E-state index is -0.781. The smallest absolute Gasteiger partial charge is 0.234 e. The maximum Gasteiger partial charge on any atom is 0.234 e. The van der Waals surface area contributed by atoms with Crippen molar-refractivity contribution in [3.8, 4) is 0 Å². The molecule has 0 bridgehead atoms. The Morgan fingerprint density at radius 3 is 2.52 bits per heavy atom. The van der Waals surface area contributed by atoms with Crippen LogP contribution in [0.2, 0.25) is 0 Å². The van der Waals surface area contributed by atoms with Crippen molar-refractivity contribution < 1.29 is 19.1 Å². The zero-order chi connectivity index (χ0) is 20.6. The Morgan fingerprint density at radius 1 is 1.21 bits per heavy atom. The fourth-order valence-electron chi connectivity index (χ4n) is 4.14. The molecule has 7 nitrogen and oxygen atoms in total. The molecule has 2 N–H and O–H groups in total. The van der Waals surface area contributed by atoms with Crippen molar-refractivity contribution >= 4 is 18.0 Å². The van der Waals surface area contributed by atoms with Gasteiger partial charge in [-0.2, -0.15) is 0 Å². The van der Waals surface area contributed by atoms with Crippen molar-refractivity contribution in [1.29, 1.82) is 0 Å². The highest BCUT2D eigenvalue weighted by molar-refractivity contribution is 5.78. The quantitative estimate of drug-likeness (QED) is 0.594. The lowest BCUT2D eigenvalue weighted by atomic mass is 10.2. The maximum atomic E-state index is 13.9. The van der Waals surface area contributed by atoms with Gasteiger partial charge >= 0.3 is 0 Å². The molecule has 1 aliphatic carbocycles. The van der Waals surface area contributed by atoms with Crippen molar-refractivity contribution in [2.24, 2.45) is 0 Å². The number of β-amino-alcohol motifs (C(OH)–C–C–N with tert-alkyl or cyclic N) is 1. The van der Waals surface area contributed by atoms with Crippen LogP contribution in [0.3, 0.4) is 0 Å². The number of rotatable bonds is 9. The Labute approximate surface area is 171 Å². The highest BCUT2D eigenvalue weighted by Gasteiger charge is 2.24. The molecule has 3 rings (SSSR count). The largest absolute Gasteiger partial charge is 0.390 e. The number of nitrogens with one attached hydrogen (secondary N) is 1. The SMILES string of the molecule is O=CN(CC(O)CN1CCN(CC(=O)NC2CCCC2)CC1)c1ccccc1F. The first-order valence-electron chi connectivity index (χ1n) is 10.4. The van der Waals surface area contributed by atoms with E-state index in [0.29, 0.717) is 25.5 Å². The lowest BCUT2D eigenvalue weighted by Crippen LogP contribution is -2.52. The normalized spacial score (nSPS) is 19.8. The second-order valence-corrected chi connectivity index (χ2v) is 7.99. The number of piperazine rings is 1. The molecule has 8 heteroatoms. The molecule has 1 unspecified atom stereocenters. The summed E-state index contributed by atoms with van der Waals surface area (Å²) < 4.78 is 13.9. The second-order valence-electron chi connectivity index (χ2n) is 7.99. The molecule has 29 heavy (non-hydrogen) atoms. The fraction of sp³-hybridized carbons (Fsp3) is 0.619. The molecule has 1 aromatic rings. The number of halogens is 1. The van der Waals surface area contributed by atoms with Crippen LogP contribution in [0.4, 0.5) is 10.1 Å². The van der Waals surface area contributed by atoms with Crippen molar-refractivity contribution in [2.45, 2.75) is 37.8 Å². The molecule has 2 aliphatic rings. The van der Waals surface area contributed by atoms with Crippen LogP contribution in [0.1, 0.15) is 25.7 Å². The third kappa shape index (κ3) is 6.48. The molecular weight excluding hydrogens is 375 g/mol. The Kier molecular flexibility index (Phi) is 7.97. The number of para-hydroxylation sites is 1. The zero-order valence-electron chi connectivity index (χ0n) is 16.8. The fourth-order valence-corrected chi connectivity index (χ4v) is 4.14. The zero-order valence-corrected chi connectivity index (χ0v) is 16.8. The number of carbonyl (C=O) groups is 2. The highest BCUT2D eigenvalue weighted by Crippen LogP contribution is 2.18. The second kappa shape index (κ2) is 10.7. The number of aliphatic hydroxyl groups excluding tert-OH is 1. The van der Waals surface area contributed by atoms with Crippen LogP contribution in [0, 0.1) is 5.82 Å². The van der Waals surface area contributed by atoms with E-state index < -0.39 is 11.9 Å². The van der Waals surface area contributed by atoms with Crippen LogP contribution in [-0.4, -0.2) is 85.2 Å². The van der Waals surface area contributed by atoms with Gasteiger partial charge in [0, 0.05) is 38.8 Å². The summed E-state index contributed by atoms with van der Waals surface area (Å²) >= 11 is 0. The van der Waals surface area contributed by atoms with E-state index in [1.54, 1.807) is 12.1 Å². The summed E-state index contributed by atoms with van der Waals surface area (Å²) in [4.78, 5) is 29.0. The van der Waals surface area contributed by atoms with Gasteiger partial charge in [-0.15, -0.1) is 0 Å². The molecule has 1 saturated heterocycles. The number of benzene rings is 1. The van der Waals surface area contributed by atoms with Crippen LogP contribution in [-0.2, 0) is 9.59 Å². The summed E-state index contributed by atoms with van der Waals surface area (Å²) in [6.07, 6.45) is 4.33. The molecule has 0 radical (unpaired) electrons. The molecule has 0 aromatic heterocycles. The first-order chi connectivity index (χ1) is 14.0. The van der Waals surface area contributed by atoms with E-state index >= 15 is 0 Å². The van der Waals surface area contributed by atoms with Gasteiger partial charge in [0.05, 0.1) is 24.9 Å². The summed E-state index contributed by atoms with van der Waals surface area (Å²) in [5, 5.41) is 13.5. The third-order valence-corrected chi connectivity index (χ3v) is 5.72. The van der Waals surface area contributed by atoms with Gasteiger partial charge in [-0.1, -0.05) is 25.0 Å². The molecule has 0 spiro atoms. The van der Waals surface area contributed by atoms with Crippen LogP contribution < -0.4 is 10.2 Å². The van der Waals surface area contributed by atoms with Crippen LogP contribution in [0.15, 0.2) is 24.3 Å². The van der Waals surface area contributed by atoms with E-state index in [1.807, 2.05) is 0 Å². The number of amides is 2. The minimum Gasteiger partial charge on any atom is -0.390 e. The number of anilines is 1. The highest BCUT2D eigenvalue weighted by atomic mass is 19.1. The average Bonchev–Trinajstić information content (AvgIpc) is 3.21. The number of aliphatic hydroxyl groups is 1. The number of carbonyl (C=O) groups excluding carboxylic acids is 2. The Hall–Kier alpha value is -2.03. The molecule has 2 fully saturated rings. The Bertz CT molecular complexity index is 676. The van der Waals surface area contributed by atoms with E-state index in [9.17, 15) is 19.1 Å². The van der Waals surface area contributed by atoms with Crippen LogP contribution in [0.5, 0.6) is 0 Å². The monoisotopic (exact) mass is 406 g/mol. The van der Waals surface area contributed by atoms with E-state index in [0.717, 1.165) is 39.0 Å². The molecule has 1 aliphatic heterocycles. The summed E-state index contributed by atoms with van der Waals surface area (Å²) in [6.45, 7) is 3.86. The number of hydrogen-bond acceptors (Lipinski definition) is 5. The van der Waals surface area contributed by atoms with Gasteiger partial charge in [-0.3, -0.25) is 19.4 Å². The molecule has 2 amide bonds. The first-order valence-corrected chi connectivity index (χ1v) is 10.4. The predicted molar refractivity (Wildman–Crippen MR) is 109 cm³/mol.